The molecule has 0 saturated heterocycles. The van der Waals surface area contributed by atoms with E-state index in [-0.39, 0.29) is 0 Å². The molecule has 0 aromatic heterocycles. The standard InChI is InChI=1S/C18H32N2O2/c1-5-7-9-11-20(12-10-8-6-2)16-14-17(21-3)15(19)13-18(16)22-4/h13-14H,5-12,19H2,1-4H3. The number of benzene rings is 1. The van der Waals surface area contributed by atoms with Crippen molar-refractivity contribution in [2.45, 2.75) is 52.4 Å². The number of nitrogen functional groups attached to an aromatic ring is 1. The lowest BCUT2D eigenvalue weighted by Gasteiger charge is -2.27. The number of ether oxygens (including phenoxy) is 2. The van der Waals surface area contributed by atoms with Gasteiger partial charge in [0.15, 0.2) is 0 Å². The van der Waals surface area contributed by atoms with E-state index in [4.69, 9.17) is 15.2 Å². The molecule has 0 aliphatic carbocycles. The Morgan fingerprint density at radius 1 is 0.864 bits per heavy atom. The first-order valence-corrected chi connectivity index (χ1v) is 8.44. The van der Waals surface area contributed by atoms with Crippen LogP contribution in [0.3, 0.4) is 0 Å². The van der Waals surface area contributed by atoms with Crippen LogP contribution in [0.1, 0.15) is 52.4 Å². The molecule has 0 atom stereocenters. The lowest BCUT2D eigenvalue weighted by atomic mass is 10.1. The predicted molar refractivity (Wildman–Crippen MR) is 95.2 cm³/mol. The van der Waals surface area contributed by atoms with Crippen LogP contribution in [0.25, 0.3) is 0 Å². The van der Waals surface area contributed by atoms with Gasteiger partial charge in [-0.05, 0) is 12.8 Å². The number of hydrogen-bond donors (Lipinski definition) is 1. The van der Waals surface area contributed by atoms with Crippen LogP contribution in [0.4, 0.5) is 11.4 Å². The van der Waals surface area contributed by atoms with Gasteiger partial charge in [0.25, 0.3) is 0 Å². The number of methoxy groups -OCH3 is 2. The fourth-order valence-corrected chi connectivity index (χ4v) is 2.61. The Morgan fingerprint density at radius 3 is 1.86 bits per heavy atom. The minimum atomic E-state index is 0.616. The molecule has 0 radical (unpaired) electrons. The summed E-state index contributed by atoms with van der Waals surface area (Å²) in [5.41, 5.74) is 7.70. The molecule has 1 aromatic rings. The maximum absolute atomic E-state index is 6.00. The summed E-state index contributed by atoms with van der Waals surface area (Å²) in [7, 11) is 3.35. The molecule has 126 valence electrons. The van der Waals surface area contributed by atoms with Gasteiger partial charge in [-0.3, -0.25) is 0 Å². The molecule has 0 amide bonds. The molecule has 4 nitrogen and oxygen atoms in total. The molecule has 22 heavy (non-hydrogen) atoms. The second-order valence-electron chi connectivity index (χ2n) is 5.67. The van der Waals surface area contributed by atoms with E-state index in [1.54, 1.807) is 14.2 Å². The fraction of sp³-hybridized carbons (Fsp3) is 0.667. The van der Waals surface area contributed by atoms with Crippen LogP contribution in [-0.2, 0) is 0 Å². The summed E-state index contributed by atoms with van der Waals surface area (Å²) in [6.45, 7) is 6.55. The molecule has 1 rings (SSSR count). The number of hydrogen-bond acceptors (Lipinski definition) is 4. The van der Waals surface area contributed by atoms with Crippen molar-refractivity contribution in [3.8, 4) is 11.5 Å². The van der Waals surface area contributed by atoms with Gasteiger partial charge in [-0.2, -0.15) is 0 Å². The summed E-state index contributed by atoms with van der Waals surface area (Å²) < 4.78 is 10.9. The smallest absolute Gasteiger partial charge is 0.144 e. The van der Waals surface area contributed by atoms with E-state index in [9.17, 15) is 0 Å². The van der Waals surface area contributed by atoms with E-state index in [1.807, 2.05) is 12.1 Å². The molecule has 1 aromatic carbocycles. The normalized spacial score (nSPS) is 10.5. The maximum atomic E-state index is 6.00. The van der Waals surface area contributed by atoms with E-state index >= 15 is 0 Å². The highest BCUT2D eigenvalue weighted by Crippen LogP contribution is 2.37. The molecule has 0 heterocycles. The van der Waals surface area contributed by atoms with Crippen LogP contribution < -0.4 is 20.1 Å². The van der Waals surface area contributed by atoms with E-state index < -0.39 is 0 Å². The van der Waals surface area contributed by atoms with Crippen LogP contribution in [0.2, 0.25) is 0 Å². The average molecular weight is 308 g/mol. The number of rotatable bonds is 11. The molecular weight excluding hydrogens is 276 g/mol. The molecule has 0 aliphatic rings. The third-order valence-corrected chi connectivity index (χ3v) is 3.94. The van der Waals surface area contributed by atoms with Gasteiger partial charge in [-0.1, -0.05) is 39.5 Å². The second kappa shape index (κ2) is 10.2. The Kier molecular flexibility index (Phi) is 8.56. The first-order chi connectivity index (χ1) is 10.7. The summed E-state index contributed by atoms with van der Waals surface area (Å²) in [5.74, 6) is 1.54. The molecule has 0 saturated carbocycles. The van der Waals surface area contributed by atoms with Gasteiger partial charge in [0.05, 0.1) is 25.6 Å². The number of nitrogens with two attached hydrogens (primary N) is 1. The van der Waals surface area contributed by atoms with Crippen LogP contribution in [-0.4, -0.2) is 27.3 Å². The molecule has 0 aliphatic heterocycles. The van der Waals surface area contributed by atoms with Crippen LogP contribution in [0.15, 0.2) is 12.1 Å². The zero-order valence-corrected chi connectivity index (χ0v) is 14.7. The number of unbranched alkanes of at least 4 members (excludes halogenated alkanes) is 4. The summed E-state index contributed by atoms with van der Waals surface area (Å²) in [4.78, 5) is 2.41. The second-order valence-corrected chi connectivity index (χ2v) is 5.67. The van der Waals surface area contributed by atoms with Crippen molar-refractivity contribution in [1.82, 2.24) is 0 Å². The van der Waals surface area contributed by atoms with Crippen LogP contribution in [0, 0.1) is 0 Å². The van der Waals surface area contributed by atoms with Crippen molar-refractivity contribution in [1.29, 1.82) is 0 Å². The summed E-state index contributed by atoms with van der Waals surface area (Å²) >= 11 is 0. The van der Waals surface area contributed by atoms with Gasteiger partial charge >= 0.3 is 0 Å². The highest BCUT2D eigenvalue weighted by Gasteiger charge is 2.15. The van der Waals surface area contributed by atoms with Crippen molar-refractivity contribution >= 4 is 11.4 Å². The van der Waals surface area contributed by atoms with Gasteiger partial charge in [0.1, 0.15) is 11.5 Å². The summed E-state index contributed by atoms with van der Waals surface area (Å²) in [6, 6.07) is 3.87. The Labute approximate surface area is 135 Å². The number of nitrogens with zero attached hydrogens (tertiary/aromatic N) is 1. The van der Waals surface area contributed by atoms with E-state index in [0.29, 0.717) is 11.4 Å². The maximum Gasteiger partial charge on any atom is 0.144 e. The zero-order valence-electron chi connectivity index (χ0n) is 14.7. The Bertz CT molecular complexity index is 425. The Morgan fingerprint density at radius 2 is 1.41 bits per heavy atom. The summed E-state index contributed by atoms with van der Waals surface area (Å²) in [5, 5.41) is 0. The Balaban J connectivity index is 2.98. The minimum absolute atomic E-state index is 0.616. The number of anilines is 2. The molecular formula is C18H32N2O2. The van der Waals surface area contributed by atoms with Gasteiger partial charge in [0, 0.05) is 25.2 Å². The molecule has 2 N–H and O–H groups in total. The molecule has 0 bridgehead atoms. The topological polar surface area (TPSA) is 47.7 Å². The molecule has 0 unspecified atom stereocenters. The predicted octanol–water partition coefficient (Wildman–Crippen LogP) is 4.47. The minimum Gasteiger partial charge on any atom is -0.495 e. The monoisotopic (exact) mass is 308 g/mol. The van der Waals surface area contributed by atoms with E-state index in [0.717, 1.165) is 24.5 Å². The lowest BCUT2D eigenvalue weighted by Crippen LogP contribution is -2.26. The third kappa shape index (κ3) is 5.32. The quantitative estimate of drug-likeness (QED) is 0.484. The van der Waals surface area contributed by atoms with E-state index in [2.05, 4.69) is 18.7 Å². The van der Waals surface area contributed by atoms with Gasteiger partial charge < -0.3 is 20.1 Å². The van der Waals surface area contributed by atoms with Gasteiger partial charge in [-0.25, -0.2) is 0 Å². The molecule has 0 fully saturated rings. The van der Waals surface area contributed by atoms with Crippen molar-refractivity contribution in [3.63, 3.8) is 0 Å². The first-order valence-electron chi connectivity index (χ1n) is 8.44. The Hall–Kier alpha value is -1.58. The zero-order chi connectivity index (χ0) is 16.4. The largest absolute Gasteiger partial charge is 0.495 e. The highest BCUT2D eigenvalue weighted by molar-refractivity contribution is 5.70. The van der Waals surface area contributed by atoms with Gasteiger partial charge in [-0.15, -0.1) is 0 Å². The van der Waals surface area contributed by atoms with Crippen molar-refractivity contribution in [3.05, 3.63) is 12.1 Å². The van der Waals surface area contributed by atoms with Crippen molar-refractivity contribution in [2.24, 2.45) is 0 Å². The third-order valence-electron chi connectivity index (χ3n) is 3.94. The lowest BCUT2D eigenvalue weighted by molar-refractivity contribution is 0.404. The molecule has 0 spiro atoms. The summed E-state index contributed by atoms with van der Waals surface area (Å²) in [6.07, 6.45) is 7.34. The van der Waals surface area contributed by atoms with E-state index in [1.165, 1.54) is 38.5 Å². The van der Waals surface area contributed by atoms with Gasteiger partial charge in [0.2, 0.25) is 0 Å². The van der Waals surface area contributed by atoms with Crippen molar-refractivity contribution < 1.29 is 9.47 Å². The fourth-order valence-electron chi connectivity index (χ4n) is 2.61. The van der Waals surface area contributed by atoms with Crippen LogP contribution in [0.5, 0.6) is 11.5 Å². The first kappa shape index (κ1) is 18.5. The molecule has 4 heteroatoms. The average Bonchev–Trinajstić information content (AvgIpc) is 2.53. The van der Waals surface area contributed by atoms with Crippen LogP contribution >= 0.6 is 0 Å². The van der Waals surface area contributed by atoms with Crippen molar-refractivity contribution in [2.75, 3.05) is 37.9 Å². The SMILES string of the molecule is CCCCCN(CCCCC)c1cc(OC)c(N)cc1OC. The highest BCUT2D eigenvalue weighted by atomic mass is 16.5.